The van der Waals surface area contributed by atoms with Crippen LogP contribution in [0.4, 0.5) is 17.3 Å². The largest absolute Gasteiger partial charge is 0.375 e. The molecule has 0 spiro atoms. The highest BCUT2D eigenvalue weighted by Gasteiger charge is 2.20. The molecule has 0 saturated heterocycles. The summed E-state index contributed by atoms with van der Waals surface area (Å²) >= 11 is 0. The number of anilines is 3. The molecule has 10 heteroatoms. The van der Waals surface area contributed by atoms with Crippen molar-refractivity contribution in [1.29, 1.82) is 0 Å². The van der Waals surface area contributed by atoms with Crippen molar-refractivity contribution < 1.29 is 9.53 Å². The summed E-state index contributed by atoms with van der Waals surface area (Å²) in [5.74, 6) is 1.05. The van der Waals surface area contributed by atoms with E-state index < -0.39 is 0 Å². The van der Waals surface area contributed by atoms with E-state index >= 15 is 0 Å². The highest BCUT2D eigenvalue weighted by molar-refractivity contribution is 6.00. The lowest BCUT2D eigenvalue weighted by Crippen LogP contribution is -2.35. The molecule has 154 valence electrons. The van der Waals surface area contributed by atoms with Crippen molar-refractivity contribution in [3.8, 4) is 0 Å². The van der Waals surface area contributed by atoms with Gasteiger partial charge in [-0.25, -0.2) is 4.98 Å². The molecule has 0 saturated carbocycles. The number of hydrogen-bond donors (Lipinski definition) is 3. The fraction of sp³-hybridized carbons (Fsp3) is 0.300. The molecule has 0 unspecified atom stereocenters. The van der Waals surface area contributed by atoms with Crippen LogP contribution in [0.1, 0.15) is 22.8 Å². The highest BCUT2D eigenvalue weighted by Crippen LogP contribution is 2.29. The van der Waals surface area contributed by atoms with Gasteiger partial charge >= 0.3 is 0 Å². The van der Waals surface area contributed by atoms with Crippen molar-refractivity contribution >= 4 is 39.8 Å². The normalized spacial score (nSPS) is 17.0. The predicted octanol–water partition coefficient (Wildman–Crippen LogP) is 2.05. The van der Waals surface area contributed by atoms with Crippen molar-refractivity contribution in [2.75, 3.05) is 24.3 Å². The fourth-order valence-corrected chi connectivity index (χ4v) is 3.70. The third-order valence-electron chi connectivity index (χ3n) is 5.03. The first-order chi connectivity index (χ1) is 14.5. The summed E-state index contributed by atoms with van der Waals surface area (Å²) in [5.41, 5.74) is 3.52. The molecule has 4 aromatic rings. The number of fused-ring (bicyclic) bond motifs is 5. The van der Waals surface area contributed by atoms with Crippen molar-refractivity contribution in [2.45, 2.75) is 19.6 Å². The first-order valence-corrected chi connectivity index (χ1v) is 9.70. The van der Waals surface area contributed by atoms with E-state index in [0.717, 1.165) is 22.2 Å². The van der Waals surface area contributed by atoms with Gasteiger partial charge < -0.3 is 20.7 Å². The molecule has 5 rings (SSSR count). The summed E-state index contributed by atoms with van der Waals surface area (Å²) < 4.78 is 9.25. The van der Waals surface area contributed by atoms with E-state index in [1.54, 1.807) is 16.2 Å². The molecule has 1 aliphatic rings. The Hall–Kier alpha value is -3.66. The number of benzene rings is 1. The van der Waals surface area contributed by atoms with Gasteiger partial charge in [-0.15, -0.1) is 0 Å². The van der Waals surface area contributed by atoms with Crippen molar-refractivity contribution in [3.63, 3.8) is 0 Å². The van der Waals surface area contributed by atoms with Crippen LogP contribution in [-0.2, 0) is 18.4 Å². The van der Waals surface area contributed by atoms with E-state index in [1.165, 1.54) is 6.20 Å². The highest BCUT2D eigenvalue weighted by atomic mass is 16.5. The van der Waals surface area contributed by atoms with Crippen molar-refractivity contribution in [1.82, 2.24) is 29.7 Å². The Balaban J connectivity index is 1.72. The summed E-state index contributed by atoms with van der Waals surface area (Å²) in [6, 6.07) is 5.76. The second-order valence-corrected chi connectivity index (χ2v) is 7.47. The third-order valence-corrected chi connectivity index (χ3v) is 5.03. The van der Waals surface area contributed by atoms with Crippen LogP contribution in [0.2, 0.25) is 0 Å². The molecule has 3 N–H and O–H groups in total. The number of hydrogen-bond acceptors (Lipinski definition) is 7. The second kappa shape index (κ2) is 6.99. The minimum atomic E-state index is -0.240. The number of amides is 1. The number of carbonyl (C=O) groups excluding carboxylic acids is 1. The minimum absolute atomic E-state index is 0.165. The van der Waals surface area contributed by atoms with Crippen LogP contribution in [0.25, 0.3) is 16.6 Å². The molecule has 4 bridgehead atoms. The number of aromatic nitrogens is 5. The first kappa shape index (κ1) is 18.4. The molecule has 1 atom stereocenters. The van der Waals surface area contributed by atoms with E-state index in [4.69, 9.17) is 4.74 Å². The van der Waals surface area contributed by atoms with Gasteiger partial charge in [0.25, 0.3) is 5.91 Å². The lowest BCUT2D eigenvalue weighted by molar-refractivity contribution is 0.0822. The maximum absolute atomic E-state index is 12.8. The Morgan fingerprint density at radius 1 is 1.30 bits per heavy atom. The lowest BCUT2D eigenvalue weighted by Gasteiger charge is -2.16. The van der Waals surface area contributed by atoms with E-state index in [9.17, 15) is 4.79 Å². The van der Waals surface area contributed by atoms with Gasteiger partial charge in [0.05, 0.1) is 25.1 Å². The summed E-state index contributed by atoms with van der Waals surface area (Å²) in [7, 11) is 3.69. The topological polar surface area (TPSA) is 110 Å². The van der Waals surface area contributed by atoms with Crippen molar-refractivity contribution in [3.05, 3.63) is 41.7 Å². The van der Waals surface area contributed by atoms with Gasteiger partial charge in [-0.2, -0.15) is 14.7 Å². The SMILES string of the molecule is CNc1cc2nc3c(cnn13)C(=O)N[C@H](C)COCc1cc(c3nn(C)cc3c1)N2. The van der Waals surface area contributed by atoms with Gasteiger partial charge in [0.2, 0.25) is 0 Å². The summed E-state index contributed by atoms with van der Waals surface area (Å²) in [6.07, 6.45) is 3.50. The molecule has 3 aromatic heterocycles. The summed E-state index contributed by atoms with van der Waals surface area (Å²) in [4.78, 5) is 17.5. The summed E-state index contributed by atoms with van der Waals surface area (Å²) in [5, 5.41) is 19.4. The van der Waals surface area contributed by atoms with Crippen LogP contribution in [0, 0.1) is 0 Å². The van der Waals surface area contributed by atoms with E-state index in [2.05, 4.69) is 37.2 Å². The zero-order valence-electron chi connectivity index (χ0n) is 16.9. The molecule has 1 aliphatic heterocycles. The molecular weight excluding hydrogens is 384 g/mol. The van der Waals surface area contributed by atoms with Gasteiger partial charge in [-0.1, -0.05) is 0 Å². The quantitative estimate of drug-likeness (QED) is 0.444. The monoisotopic (exact) mass is 406 g/mol. The van der Waals surface area contributed by atoms with Gasteiger partial charge in [0, 0.05) is 37.8 Å². The Bertz CT molecular complexity index is 1280. The van der Waals surface area contributed by atoms with Gasteiger partial charge in [0.1, 0.15) is 22.7 Å². The van der Waals surface area contributed by atoms with E-state index in [0.29, 0.717) is 36.1 Å². The zero-order chi connectivity index (χ0) is 20.8. The number of aryl methyl sites for hydroxylation is 1. The zero-order valence-corrected chi connectivity index (χ0v) is 16.9. The Morgan fingerprint density at radius 2 is 2.17 bits per heavy atom. The average molecular weight is 406 g/mol. The fourth-order valence-electron chi connectivity index (χ4n) is 3.70. The maximum Gasteiger partial charge on any atom is 0.257 e. The van der Waals surface area contributed by atoms with Crippen LogP contribution in [-0.4, -0.2) is 50.0 Å². The van der Waals surface area contributed by atoms with Crippen LogP contribution >= 0.6 is 0 Å². The minimum Gasteiger partial charge on any atom is -0.375 e. The smallest absolute Gasteiger partial charge is 0.257 e. The van der Waals surface area contributed by atoms with Crippen LogP contribution in [0.3, 0.4) is 0 Å². The summed E-state index contributed by atoms with van der Waals surface area (Å²) in [6.45, 7) is 2.72. The van der Waals surface area contributed by atoms with Crippen LogP contribution in [0.5, 0.6) is 0 Å². The Kier molecular flexibility index (Phi) is 4.28. The number of ether oxygens (including phenoxy) is 1. The second-order valence-electron chi connectivity index (χ2n) is 7.47. The molecular formula is C20H22N8O2. The van der Waals surface area contributed by atoms with Crippen molar-refractivity contribution in [2.24, 2.45) is 7.05 Å². The Morgan fingerprint density at radius 3 is 3.00 bits per heavy atom. The molecule has 4 heterocycles. The number of nitrogens with zero attached hydrogens (tertiary/aromatic N) is 5. The van der Waals surface area contributed by atoms with Gasteiger partial charge in [0.15, 0.2) is 5.65 Å². The lowest BCUT2D eigenvalue weighted by atomic mass is 10.1. The van der Waals surface area contributed by atoms with E-state index in [1.807, 2.05) is 32.3 Å². The molecule has 30 heavy (non-hydrogen) atoms. The third kappa shape index (κ3) is 3.11. The predicted molar refractivity (Wildman–Crippen MR) is 113 cm³/mol. The molecule has 0 radical (unpaired) electrons. The molecule has 10 nitrogen and oxygen atoms in total. The molecule has 0 fully saturated rings. The molecule has 0 aliphatic carbocycles. The van der Waals surface area contributed by atoms with Crippen LogP contribution < -0.4 is 16.0 Å². The number of nitrogens with one attached hydrogen (secondary N) is 3. The Labute approximate surface area is 172 Å². The van der Waals surface area contributed by atoms with Gasteiger partial charge in [-0.3, -0.25) is 9.48 Å². The first-order valence-electron chi connectivity index (χ1n) is 9.70. The molecule has 1 amide bonds. The van der Waals surface area contributed by atoms with Crippen LogP contribution in [0.15, 0.2) is 30.6 Å². The average Bonchev–Trinajstić information content (AvgIpc) is 3.29. The standard InChI is InChI=1S/C20H22N8O2/c1-11-9-30-10-12-4-13-8-27(3)26-18(13)15(5-12)24-16-6-17(21-2)28-19(25-16)14(7-22-28)20(29)23-11/h4-8,11,21H,9-10H2,1-3H3,(H,23,29)(H,24,25)/t11-/m1/s1. The number of carbonyl (C=O) groups is 1. The maximum atomic E-state index is 12.8. The van der Waals surface area contributed by atoms with E-state index in [-0.39, 0.29) is 11.9 Å². The van der Waals surface area contributed by atoms with Gasteiger partial charge in [-0.05, 0) is 24.6 Å². The molecule has 1 aromatic carbocycles. The number of rotatable bonds is 1.